The number of benzene rings is 1. The third kappa shape index (κ3) is 5.45. The van der Waals surface area contributed by atoms with Gasteiger partial charge in [0.15, 0.2) is 0 Å². The van der Waals surface area contributed by atoms with Crippen LogP contribution >= 0.6 is 16.1 Å². The molecule has 1 N–H and O–H groups in total. The van der Waals surface area contributed by atoms with E-state index in [1.807, 2.05) is 16.2 Å². The molecule has 22 heavy (non-hydrogen) atoms. The molecule has 1 unspecified atom stereocenters. The molecule has 1 atom stereocenters. The van der Waals surface area contributed by atoms with Crippen LogP contribution in [0.3, 0.4) is 0 Å². The first-order valence-electron chi connectivity index (χ1n) is 7.74. The molecule has 1 rings (SSSR count). The molecule has 0 amide bonds. The molecule has 0 aliphatic heterocycles. The van der Waals surface area contributed by atoms with Gasteiger partial charge in [-0.25, -0.2) is 9.46 Å². The molecule has 0 saturated heterocycles. The summed E-state index contributed by atoms with van der Waals surface area (Å²) in [5.74, 6) is 0.879. The first-order chi connectivity index (χ1) is 10.3. The average Bonchev–Trinajstić information content (AvgIpc) is 2.45. The standard InChI is InChI=1S/C17H29BrN2O2/c1-7-16(17(3,4)5)19-20(18)14-9-8-10-15(13(14)2)22-12-11-21-6/h8-10,16,19H,7,11-12H2,1-6H3. The molecule has 1 aromatic rings. The normalized spacial score (nSPS) is 13.0. The third-order valence-corrected chi connectivity index (χ3v) is 4.32. The van der Waals surface area contributed by atoms with Crippen LogP contribution < -0.4 is 14.2 Å². The van der Waals surface area contributed by atoms with E-state index in [-0.39, 0.29) is 5.41 Å². The predicted octanol–water partition coefficient (Wildman–Crippen LogP) is 4.47. The Balaban J connectivity index is 2.84. The lowest BCUT2D eigenvalue weighted by Crippen LogP contribution is -2.46. The monoisotopic (exact) mass is 372 g/mol. The second kappa shape index (κ2) is 8.75. The largest absolute Gasteiger partial charge is 0.491 e. The molecular formula is C17H29BrN2O2. The van der Waals surface area contributed by atoms with Crippen molar-refractivity contribution in [2.45, 2.75) is 47.1 Å². The molecule has 0 aliphatic carbocycles. The third-order valence-electron chi connectivity index (χ3n) is 3.73. The molecule has 0 aliphatic rings. The maximum absolute atomic E-state index is 5.77. The maximum Gasteiger partial charge on any atom is 0.124 e. The number of anilines is 1. The first kappa shape index (κ1) is 19.3. The van der Waals surface area contributed by atoms with E-state index in [9.17, 15) is 0 Å². The van der Waals surface area contributed by atoms with E-state index in [2.05, 4.69) is 62.3 Å². The van der Waals surface area contributed by atoms with Gasteiger partial charge in [-0.05, 0) is 30.9 Å². The fourth-order valence-corrected chi connectivity index (χ4v) is 2.94. The SMILES string of the molecule is CCC(NN(Br)c1cccc(OCCOC)c1C)C(C)(C)C. The van der Waals surface area contributed by atoms with E-state index in [1.54, 1.807) is 7.11 Å². The number of halogens is 1. The molecule has 0 fully saturated rings. The molecule has 0 bridgehead atoms. The number of methoxy groups -OCH3 is 1. The molecule has 0 spiro atoms. The van der Waals surface area contributed by atoms with Gasteiger partial charge in [0.25, 0.3) is 0 Å². The lowest BCUT2D eigenvalue weighted by atomic mass is 9.86. The molecule has 0 radical (unpaired) electrons. The summed E-state index contributed by atoms with van der Waals surface area (Å²) < 4.78 is 12.7. The summed E-state index contributed by atoms with van der Waals surface area (Å²) in [5.41, 5.74) is 5.85. The Morgan fingerprint density at radius 3 is 2.50 bits per heavy atom. The van der Waals surface area contributed by atoms with Crippen LogP contribution in [0, 0.1) is 12.3 Å². The van der Waals surface area contributed by atoms with Crippen LogP contribution in [0.1, 0.15) is 39.7 Å². The highest BCUT2D eigenvalue weighted by Gasteiger charge is 2.25. The van der Waals surface area contributed by atoms with Gasteiger partial charge in [-0.2, -0.15) is 0 Å². The van der Waals surface area contributed by atoms with Crippen molar-refractivity contribution in [3.63, 3.8) is 0 Å². The van der Waals surface area contributed by atoms with Crippen molar-refractivity contribution in [2.24, 2.45) is 5.41 Å². The topological polar surface area (TPSA) is 33.7 Å². The van der Waals surface area contributed by atoms with Gasteiger partial charge in [-0.3, -0.25) is 0 Å². The van der Waals surface area contributed by atoms with Gasteiger partial charge in [0.05, 0.1) is 28.4 Å². The van der Waals surface area contributed by atoms with Gasteiger partial charge >= 0.3 is 0 Å². The number of rotatable bonds is 8. The molecule has 5 heteroatoms. The van der Waals surface area contributed by atoms with Gasteiger partial charge in [0, 0.05) is 18.7 Å². The van der Waals surface area contributed by atoms with Gasteiger partial charge in [0.1, 0.15) is 12.4 Å². The lowest BCUT2D eigenvalue weighted by molar-refractivity contribution is 0.146. The molecule has 0 saturated carbocycles. The van der Waals surface area contributed by atoms with Crippen LogP contribution in [0.25, 0.3) is 0 Å². The van der Waals surface area contributed by atoms with Crippen LogP contribution in [0.4, 0.5) is 5.69 Å². The quantitative estimate of drug-likeness (QED) is 0.414. The van der Waals surface area contributed by atoms with Crippen molar-refractivity contribution < 1.29 is 9.47 Å². The predicted molar refractivity (Wildman–Crippen MR) is 96.6 cm³/mol. The summed E-state index contributed by atoms with van der Waals surface area (Å²) in [4.78, 5) is 0. The first-order valence-corrected chi connectivity index (χ1v) is 8.45. The number of nitrogens with one attached hydrogen (secondary N) is 1. The number of hydrogen-bond donors (Lipinski definition) is 1. The fraction of sp³-hybridized carbons (Fsp3) is 0.647. The van der Waals surface area contributed by atoms with Crippen molar-refractivity contribution in [1.29, 1.82) is 0 Å². The van der Waals surface area contributed by atoms with Crippen molar-refractivity contribution in [3.8, 4) is 5.75 Å². The summed E-state index contributed by atoms with van der Waals surface area (Å²) in [5, 5.41) is 0. The summed E-state index contributed by atoms with van der Waals surface area (Å²) in [6, 6.07) is 6.41. The van der Waals surface area contributed by atoms with E-state index in [1.165, 1.54) is 0 Å². The van der Waals surface area contributed by atoms with Gasteiger partial charge in [-0.15, -0.1) is 0 Å². The van der Waals surface area contributed by atoms with Crippen molar-refractivity contribution in [2.75, 3.05) is 24.4 Å². The number of hydrazine groups is 1. The van der Waals surface area contributed by atoms with Gasteiger partial charge < -0.3 is 9.47 Å². The minimum absolute atomic E-state index is 0.182. The Kier molecular flexibility index (Phi) is 7.66. The Hall–Kier alpha value is -0.780. The zero-order chi connectivity index (χ0) is 16.8. The minimum atomic E-state index is 0.182. The van der Waals surface area contributed by atoms with Crippen LogP contribution in [0.15, 0.2) is 18.2 Å². The molecule has 0 aromatic heterocycles. The highest BCUT2D eigenvalue weighted by atomic mass is 79.9. The Labute approximate surface area is 143 Å². The van der Waals surface area contributed by atoms with E-state index in [0.717, 1.165) is 23.4 Å². The van der Waals surface area contributed by atoms with Crippen LogP contribution in [0.5, 0.6) is 5.75 Å². The zero-order valence-corrected chi connectivity index (χ0v) is 16.2. The van der Waals surface area contributed by atoms with Crippen LogP contribution in [-0.4, -0.2) is 26.4 Å². The van der Waals surface area contributed by atoms with Gasteiger partial charge in [0.2, 0.25) is 0 Å². The van der Waals surface area contributed by atoms with Crippen LogP contribution in [0.2, 0.25) is 0 Å². The average molecular weight is 373 g/mol. The zero-order valence-electron chi connectivity index (χ0n) is 14.6. The molecular weight excluding hydrogens is 344 g/mol. The van der Waals surface area contributed by atoms with Crippen molar-refractivity contribution in [1.82, 2.24) is 5.43 Å². The van der Waals surface area contributed by atoms with E-state index in [4.69, 9.17) is 9.47 Å². The second-order valence-corrected chi connectivity index (χ2v) is 7.19. The highest BCUT2D eigenvalue weighted by Crippen LogP contribution is 2.31. The molecule has 126 valence electrons. The van der Waals surface area contributed by atoms with E-state index in [0.29, 0.717) is 19.3 Å². The summed E-state index contributed by atoms with van der Waals surface area (Å²) in [7, 11) is 1.67. The highest BCUT2D eigenvalue weighted by molar-refractivity contribution is 9.10. The molecule has 4 nitrogen and oxygen atoms in total. The fourth-order valence-electron chi connectivity index (χ4n) is 2.31. The van der Waals surface area contributed by atoms with Crippen LogP contribution in [-0.2, 0) is 4.74 Å². The van der Waals surface area contributed by atoms with Crippen molar-refractivity contribution in [3.05, 3.63) is 23.8 Å². The Bertz CT molecular complexity index is 460. The second-order valence-electron chi connectivity index (χ2n) is 6.48. The number of nitrogens with zero attached hydrogens (tertiary/aromatic N) is 1. The Morgan fingerprint density at radius 1 is 1.27 bits per heavy atom. The number of hydrogen-bond acceptors (Lipinski definition) is 4. The Morgan fingerprint density at radius 2 is 1.95 bits per heavy atom. The smallest absolute Gasteiger partial charge is 0.124 e. The van der Waals surface area contributed by atoms with Gasteiger partial charge in [-0.1, -0.05) is 33.8 Å². The molecule has 0 heterocycles. The number of ether oxygens (including phenoxy) is 2. The summed E-state index contributed by atoms with van der Waals surface area (Å²) in [6.45, 7) is 12.1. The van der Waals surface area contributed by atoms with E-state index >= 15 is 0 Å². The summed E-state index contributed by atoms with van der Waals surface area (Å²) >= 11 is 3.63. The van der Waals surface area contributed by atoms with Crippen molar-refractivity contribution >= 4 is 21.8 Å². The minimum Gasteiger partial charge on any atom is -0.491 e. The lowest BCUT2D eigenvalue weighted by Gasteiger charge is -2.34. The molecule has 1 aromatic carbocycles. The summed E-state index contributed by atoms with van der Waals surface area (Å²) in [6.07, 6.45) is 1.05. The van der Waals surface area contributed by atoms with E-state index < -0.39 is 0 Å². The maximum atomic E-state index is 5.77.